The quantitative estimate of drug-likeness (QED) is 0.158. The van der Waals surface area contributed by atoms with Gasteiger partial charge >= 0.3 is 0 Å². The molecule has 10 aromatic carbocycles. The molecule has 0 saturated carbocycles. The van der Waals surface area contributed by atoms with Gasteiger partial charge in [-0.3, -0.25) is 0 Å². The average molecular weight is 777 g/mol. The Bertz CT molecular complexity index is 3480. The summed E-state index contributed by atoms with van der Waals surface area (Å²) < 4.78 is 2.41. The fourth-order valence-electron chi connectivity index (χ4n) is 9.11. The molecule has 0 bridgehead atoms. The zero-order chi connectivity index (χ0) is 40.3. The summed E-state index contributed by atoms with van der Waals surface area (Å²) >= 11 is 0. The van der Waals surface area contributed by atoms with Crippen LogP contribution in [0.25, 0.3) is 116 Å². The predicted octanol–water partition coefficient (Wildman–Crippen LogP) is 14.8. The second-order valence-corrected chi connectivity index (χ2v) is 15.6. The highest BCUT2D eigenvalue weighted by Gasteiger charge is 2.17. The van der Waals surface area contributed by atoms with E-state index in [2.05, 4.69) is 162 Å². The van der Waals surface area contributed by atoms with E-state index in [9.17, 15) is 0 Å². The van der Waals surface area contributed by atoms with E-state index in [0.29, 0.717) is 17.5 Å². The fraction of sp³-hybridized carbons (Fsp3) is 0. The Labute approximate surface area is 352 Å². The zero-order valence-electron chi connectivity index (χ0n) is 33.1. The van der Waals surface area contributed by atoms with Gasteiger partial charge in [0.05, 0.1) is 11.0 Å². The maximum absolute atomic E-state index is 5.00. The van der Waals surface area contributed by atoms with Crippen molar-refractivity contribution in [3.8, 4) is 62.1 Å². The van der Waals surface area contributed by atoms with Gasteiger partial charge in [-0.2, -0.15) is 0 Å². The topological polar surface area (TPSA) is 43.6 Å². The second-order valence-electron chi connectivity index (χ2n) is 15.6. The van der Waals surface area contributed by atoms with Crippen LogP contribution in [0.4, 0.5) is 0 Å². The maximum Gasteiger partial charge on any atom is 0.164 e. The Balaban J connectivity index is 1.04. The summed E-state index contributed by atoms with van der Waals surface area (Å²) in [5.41, 5.74) is 10.8. The van der Waals surface area contributed by atoms with Crippen molar-refractivity contribution in [2.75, 3.05) is 0 Å². The molecule has 0 radical (unpaired) electrons. The number of benzene rings is 10. The van der Waals surface area contributed by atoms with Gasteiger partial charge in [0.2, 0.25) is 0 Å². The van der Waals surface area contributed by atoms with Crippen molar-refractivity contribution in [2.45, 2.75) is 0 Å². The molecule has 2 aromatic heterocycles. The molecule has 0 spiro atoms. The van der Waals surface area contributed by atoms with Crippen LogP contribution >= 0.6 is 0 Å². The van der Waals surface area contributed by atoms with Crippen LogP contribution < -0.4 is 0 Å². The molecule has 0 fully saturated rings. The molecule has 284 valence electrons. The molecule has 0 aliphatic rings. The third-order valence-electron chi connectivity index (χ3n) is 12.0. The molecule has 61 heavy (non-hydrogen) atoms. The Morgan fingerprint density at radius 3 is 1.10 bits per heavy atom. The highest BCUT2D eigenvalue weighted by atomic mass is 15.0. The third kappa shape index (κ3) is 5.96. The largest absolute Gasteiger partial charge is 0.309 e. The molecule has 12 rings (SSSR count). The van der Waals surface area contributed by atoms with Gasteiger partial charge in [-0.1, -0.05) is 182 Å². The molecule has 0 saturated heterocycles. The lowest BCUT2D eigenvalue weighted by Crippen LogP contribution is -2.00. The third-order valence-corrected chi connectivity index (χ3v) is 12.0. The Morgan fingerprint density at radius 2 is 0.590 bits per heavy atom. The van der Waals surface area contributed by atoms with Gasteiger partial charge in [-0.25, -0.2) is 15.0 Å². The molecule has 4 nitrogen and oxygen atoms in total. The molecular formula is C57H36N4. The first-order valence-electron chi connectivity index (χ1n) is 20.7. The number of nitrogens with zero attached hydrogens (tertiary/aromatic N) is 4. The normalized spacial score (nSPS) is 11.6. The first kappa shape index (κ1) is 34.8. The van der Waals surface area contributed by atoms with Crippen molar-refractivity contribution in [3.63, 3.8) is 0 Å². The van der Waals surface area contributed by atoms with E-state index in [4.69, 9.17) is 15.0 Å². The van der Waals surface area contributed by atoms with Gasteiger partial charge in [0, 0.05) is 33.2 Å². The summed E-state index contributed by atoms with van der Waals surface area (Å²) in [6.45, 7) is 0. The van der Waals surface area contributed by atoms with Crippen molar-refractivity contribution in [1.29, 1.82) is 0 Å². The molecule has 0 aliphatic heterocycles. The summed E-state index contributed by atoms with van der Waals surface area (Å²) in [7, 11) is 0. The van der Waals surface area contributed by atoms with E-state index < -0.39 is 0 Å². The number of hydrogen-bond donors (Lipinski definition) is 0. The second kappa shape index (κ2) is 14.3. The molecule has 0 N–H and O–H groups in total. The van der Waals surface area contributed by atoms with E-state index in [-0.39, 0.29) is 0 Å². The first-order valence-corrected chi connectivity index (χ1v) is 20.7. The monoisotopic (exact) mass is 776 g/mol. The lowest BCUT2D eigenvalue weighted by molar-refractivity contribution is 1.07. The van der Waals surface area contributed by atoms with Crippen LogP contribution in [0.3, 0.4) is 0 Å². The molecule has 2 heterocycles. The summed E-state index contributed by atoms with van der Waals surface area (Å²) in [5.74, 6) is 1.93. The highest BCUT2D eigenvalue weighted by molar-refractivity contribution is 6.25. The maximum atomic E-state index is 5.00. The lowest BCUT2D eigenvalue weighted by Gasteiger charge is -2.16. The van der Waals surface area contributed by atoms with Crippen molar-refractivity contribution < 1.29 is 0 Å². The van der Waals surface area contributed by atoms with Crippen molar-refractivity contribution in [3.05, 3.63) is 218 Å². The number of hydrogen-bond acceptors (Lipinski definition) is 3. The van der Waals surface area contributed by atoms with Crippen LogP contribution in [-0.4, -0.2) is 19.5 Å². The van der Waals surface area contributed by atoms with Gasteiger partial charge in [-0.15, -0.1) is 0 Å². The first-order chi connectivity index (χ1) is 30.2. The standard InChI is InChI=1S/C57H36N4/c1-3-15-38(16-4-1)55-58-56(39-17-5-2-6-18-39)60-57(59-55)40-29-27-37(28-30-40)42-33-43(35-44(34-42)61-53-25-13-11-23-50(53)51-24-12-14-26-54(51)61)41-31-32-49-47-21-8-7-19-45(47)46-20-9-10-22-48(46)52(49)36-41/h1-36H. The summed E-state index contributed by atoms with van der Waals surface area (Å²) in [5, 5.41) is 10.1. The van der Waals surface area contributed by atoms with E-state index in [1.165, 1.54) is 59.7 Å². The van der Waals surface area contributed by atoms with Gasteiger partial charge < -0.3 is 4.57 Å². The van der Waals surface area contributed by atoms with Crippen molar-refractivity contribution in [2.24, 2.45) is 0 Å². The molecule has 0 aliphatic carbocycles. The van der Waals surface area contributed by atoms with Gasteiger partial charge in [-0.05, 0) is 91.0 Å². The minimum absolute atomic E-state index is 0.634. The minimum atomic E-state index is 0.634. The summed E-state index contributed by atoms with van der Waals surface area (Å²) in [4.78, 5) is 14.9. The van der Waals surface area contributed by atoms with Crippen LogP contribution in [-0.2, 0) is 0 Å². The van der Waals surface area contributed by atoms with Crippen LogP contribution in [0.15, 0.2) is 218 Å². The zero-order valence-corrected chi connectivity index (χ0v) is 33.1. The van der Waals surface area contributed by atoms with Crippen molar-refractivity contribution >= 4 is 54.1 Å². The molecular weight excluding hydrogens is 741 g/mol. The Hall–Kier alpha value is -8.21. The Kier molecular flexibility index (Phi) is 8.13. The Morgan fingerprint density at radius 1 is 0.230 bits per heavy atom. The van der Waals surface area contributed by atoms with Crippen molar-refractivity contribution in [1.82, 2.24) is 19.5 Å². The molecule has 12 aromatic rings. The van der Waals surface area contributed by atoms with Crippen LogP contribution in [0.2, 0.25) is 0 Å². The van der Waals surface area contributed by atoms with E-state index >= 15 is 0 Å². The summed E-state index contributed by atoms with van der Waals surface area (Å²) in [6.07, 6.45) is 0. The van der Waals surface area contributed by atoms with Gasteiger partial charge in [0.25, 0.3) is 0 Å². The number of rotatable bonds is 6. The van der Waals surface area contributed by atoms with E-state index in [1.54, 1.807) is 0 Å². The van der Waals surface area contributed by atoms with Crippen LogP contribution in [0.1, 0.15) is 0 Å². The SMILES string of the molecule is c1ccc(-c2nc(-c3ccccc3)nc(-c3ccc(-c4cc(-c5ccc6c7ccccc7c7ccccc7c6c5)cc(-n5c6ccccc6c6ccccc65)c4)cc3)n2)cc1. The summed E-state index contributed by atoms with van der Waals surface area (Å²) in [6, 6.07) is 77.9. The van der Waals surface area contributed by atoms with Gasteiger partial charge in [0.15, 0.2) is 17.5 Å². The average Bonchev–Trinajstić information content (AvgIpc) is 3.69. The van der Waals surface area contributed by atoms with Crippen LogP contribution in [0.5, 0.6) is 0 Å². The van der Waals surface area contributed by atoms with E-state index in [0.717, 1.165) is 39.1 Å². The predicted molar refractivity (Wildman–Crippen MR) is 254 cm³/mol. The van der Waals surface area contributed by atoms with Crippen LogP contribution in [0, 0.1) is 0 Å². The number of aromatic nitrogens is 4. The minimum Gasteiger partial charge on any atom is -0.309 e. The number of fused-ring (bicyclic) bond motifs is 9. The number of para-hydroxylation sites is 2. The lowest BCUT2D eigenvalue weighted by atomic mass is 9.91. The van der Waals surface area contributed by atoms with Gasteiger partial charge in [0.1, 0.15) is 0 Å². The molecule has 4 heteroatoms. The smallest absolute Gasteiger partial charge is 0.164 e. The van der Waals surface area contributed by atoms with E-state index in [1.807, 2.05) is 60.7 Å². The molecule has 0 unspecified atom stereocenters. The fourth-order valence-corrected chi connectivity index (χ4v) is 9.11. The highest BCUT2D eigenvalue weighted by Crippen LogP contribution is 2.40. The molecule has 0 amide bonds. The molecule has 0 atom stereocenters.